The molecule has 1 N–H and O–H groups in total. The molecule has 2 heterocycles. The molecule has 0 aromatic heterocycles. The lowest BCUT2D eigenvalue weighted by Crippen LogP contribution is -2.69. The first-order valence-corrected chi connectivity index (χ1v) is 10.3. The lowest BCUT2D eigenvalue weighted by atomic mass is 9.95. The Balaban J connectivity index is 1.70. The summed E-state index contributed by atoms with van der Waals surface area (Å²) in [6.07, 6.45) is 0.361. The number of hydrogen-bond donors (Lipinski definition) is 1. The molecule has 2 aliphatic heterocycles. The zero-order valence-corrected chi connectivity index (χ0v) is 17.4. The number of anilines is 2. The van der Waals surface area contributed by atoms with Gasteiger partial charge < -0.3 is 15.0 Å². The van der Waals surface area contributed by atoms with Gasteiger partial charge in [-0.15, -0.1) is 0 Å². The van der Waals surface area contributed by atoms with Crippen LogP contribution >= 0.6 is 0 Å². The first-order chi connectivity index (χ1) is 14.9. The van der Waals surface area contributed by atoms with Crippen molar-refractivity contribution in [1.29, 1.82) is 0 Å². The number of esters is 1. The van der Waals surface area contributed by atoms with E-state index >= 15 is 0 Å². The van der Waals surface area contributed by atoms with Gasteiger partial charge >= 0.3 is 5.97 Å². The third-order valence-electron chi connectivity index (χ3n) is 5.71. The van der Waals surface area contributed by atoms with Crippen LogP contribution in [-0.2, 0) is 14.3 Å². The molecule has 31 heavy (non-hydrogen) atoms. The summed E-state index contributed by atoms with van der Waals surface area (Å²) in [5.41, 5.74) is 0.243. The van der Waals surface area contributed by atoms with Gasteiger partial charge in [-0.05, 0) is 50.2 Å². The molecule has 0 spiro atoms. The topological polar surface area (TPSA) is 96.0 Å². The molecule has 160 valence electrons. The Kier molecular flexibility index (Phi) is 5.22. The van der Waals surface area contributed by atoms with Gasteiger partial charge in [-0.25, -0.2) is 4.79 Å². The molecule has 8 heteroatoms. The summed E-state index contributed by atoms with van der Waals surface area (Å²) in [6, 6.07) is 13.2. The van der Waals surface area contributed by atoms with Gasteiger partial charge in [0.1, 0.15) is 0 Å². The molecule has 2 aromatic rings. The maximum atomic E-state index is 13.6. The molecule has 1 atom stereocenters. The molecule has 4 rings (SSSR count). The van der Waals surface area contributed by atoms with Crippen LogP contribution in [0.5, 0.6) is 0 Å². The Hall–Kier alpha value is -3.68. The minimum atomic E-state index is -1.43. The summed E-state index contributed by atoms with van der Waals surface area (Å²) in [6.45, 7) is 4.05. The van der Waals surface area contributed by atoms with Crippen molar-refractivity contribution in [1.82, 2.24) is 4.90 Å². The zero-order valence-electron chi connectivity index (χ0n) is 17.4. The molecule has 3 amide bonds. The highest BCUT2D eigenvalue weighted by Crippen LogP contribution is 2.44. The van der Waals surface area contributed by atoms with Gasteiger partial charge in [0, 0.05) is 25.1 Å². The highest BCUT2D eigenvalue weighted by Gasteiger charge is 2.60. The number of para-hydroxylation sites is 1. The average molecular weight is 421 g/mol. The highest BCUT2D eigenvalue weighted by atomic mass is 16.5. The summed E-state index contributed by atoms with van der Waals surface area (Å²) in [7, 11) is 0. The molecule has 0 unspecified atom stereocenters. The number of fused-ring (bicyclic) bond motifs is 3. The van der Waals surface area contributed by atoms with Crippen LogP contribution in [0.4, 0.5) is 11.4 Å². The third kappa shape index (κ3) is 3.15. The van der Waals surface area contributed by atoms with Crippen molar-refractivity contribution < 1.29 is 23.9 Å². The third-order valence-corrected chi connectivity index (χ3v) is 5.71. The second-order valence-corrected chi connectivity index (χ2v) is 7.36. The fraction of sp³-hybridized carbons (Fsp3) is 0.304. The zero-order chi connectivity index (χ0) is 22.2. The lowest BCUT2D eigenvalue weighted by molar-refractivity contribution is -0.128. The average Bonchev–Trinajstić information content (AvgIpc) is 3.13. The van der Waals surface area contributed by atoms with E-state index in [9.17, 15) is 19.2 Å². The van der Waals surface area contributed by atoms with Crippen molar-refractivity contribution in [2.75, 3.05) is 23.4 Å². The summed E-state index contributed by atoms with van der Waals surface area (Å²) in [5.74, 6) is -1.40. The van der Waals surface area contributed by atoms with Gasteiger partial charge in [0.2, 0.25) is 11.6 Å². The van der Waals surface area contributed by atoms with E-state index in [0.29, 0.717) is 22.5 Å². The number of nitrogens with zero attached hydrogens (tertiary/aromatic N) is 2. The van der Waals surface area contributed by atoms with Crippen LogP contribution in [0, 0.1) is 0 Å². The van der Waals surface area contributed by atoms with Crippen LogP contribution in [0.2, 0.25) is 0 Å². The molecular formula is C23H23N3O5. The van der Waals surface area contributed by atoms with Crippen molar-refractivity contribution in [2.24, 2.45) is 0 Å². The maximum Gasteiger partial charge on any atom is 0.338 e. The number of hydrogen-bond acceptors (Lipinski definition) is 5. The van der Waals surface area contributed by atoms with Crippen molar-refractivity contribution in [3.63, 3.8) is 0 Å². The van der Waals surface area contributed by atoms with E-state index in [1.54, 1.807) is 62.4 Å². The minimum Gasteiger partial charge on any atom is -0.462 e. The van der Waals surface area contributed by atoms with Crippen molar-refractivity contribution in [2.45, 2.75) is 32.4 Å². The normalized spacial score (nSPS) is 19.7. The molecule has 8 nitrogen and oxygen atoms in total. The molecule has 1 saturated heterocycles. The van der Waals surface area contributed by atoms with E-state index in [4.69, 9.17) is 4.74 Å². The minimum absolute atomic E-state index is 0.160. The summed E-state index contributed by atoms with van der Waals surface area (Å²) >= 11 is 0. The number of benzene rings is 2. The van der Waals surface area contributed by atoms with Crippen LogP contribution in [-0.4, -0.2) is 47.4 Å². The Morgan fingerprint density at radius 2 is 1.77 bits per heavy atom. The Labute approximate surface area is 179 Å². The molecule has 0 bridgehead atoms. The van der Waals surface area contributed by atoms with Gasteiger partial charge in [0.15, 0.2) is 0 Å². The molecule has 0 aliphatic carbocycles. The Morgan fingerprint density at radius 1 is 1.06 bits per heavy atom. The van der Waals surface area contributed by atoms with Gasteiger partial charge in [-0.1, -0.05) is 12.1 Å². The lowest BCUT2D eigenvalue weighted by Gasteiger charge is -2.48. The molecular weight excluding hydrogens is 398 g/mol. The highest BCUT2D eigenvalue weighted by molar-refractivity contribution is 6.18. The molecule has 2 aliphatic rings. The van der Waals surface area contributed by atoms with E-state index in [-0.39, 0.29) is 37.8 Å². The number of nitrogens with one attached hydrogen (secondary N) is 1. The van der Waals surface area contributed by atoms with Crippen molar-refractivity contribution >= 4 is 35.1 Å². The maximum absolute atomic E-state index is 13.6. The standard InChI is InChI=1S/C23H23N3O5/c1-3-25-20(28)17-7-5-6-8-18(17)26-19(27)13-14-23(25,26)22(30)24-16-11-9-15(10-12-16)21(29)31-4-2/h5-12H,3-4,13-14H2,1-2H3,(H,24,30)/t23-/m1/s1. The van der Waals surface area contributed by atoms with E-state index in [0.717, 1.165) is 0 Å². The first kappa shape index (κ1) is 20.6. The first-order valence-electron chi connectivity index (χ1n) is 10.3. The largest absolute Gasteiger partial charge is 0.462 e. The smallest absolute Gasteiger partial charge is 0.338 e. The monoisotopic (exact) mass is 421 g/mol. The van der Waals surface area contributed by atoms with E-state index in [2.05, 4.69) is 5.32 Å². The molecule has 0 radical (unpaired) electrons. The van der Waals surface area contributed by atoms with Gasteiger partial charge in [0.25, 0.3) is 11.8 Å². The van der Waals surface area contributed by atoms with Crippen LogP contribution in [0.25, 0.3) is 0 Å². The number of carbonyl (C=O) groups excluding carboxylic acids is 4. The predicted molar refractivity (Wildman–Crippen MR) is 114 cm³/mol. The number of amides is 3. The van der Waals surface area contributed by atoms with Gasteiger partial charge in [-0.3, -0.25) is 19.3 Å². The van der Waals surface area contributed by atoms with Crippen LogP contribution in [0.3, 0.4) is 0 Å². The molecule has 0 saturated carbocycles. The molecule has 2 aromatic carbocycles. The number of ether oxygens (including phenoxy) is 1. The SMILES string of the molecule is CCOC(=O)c1ccc(NC(=O)[C@@]23CCC(=O)N2c2ccccc2C(=O)N3CC)cc1. The van der Waals surface area contributed by atoms with Crippen LogP contribution in [0.15, 0.2) is 48.5 Å². The summed E-state index contributed by atoms with van der Waals surface area (Å²) < 4.78 is 4.97. The second-order valence-electron chi connectivity index (χ2n) is 7.36. The van der Waals surface area contributed by atoms with Crippen LogP contribution in [0.1, 0.15) is 47.4 Å². The van der Waals surface area contributed by atoms with Crippen molar-refractivity contribution in [3.05, 3.63) is 59.7 Å². The number of likely N-dealkylation sites (N-methyl/N-ethyl adjacent to an activating group) is 1. The van der Waals surface area contributed by atoms with Gasteiger partial charge in [-0.2, -0.15) is 0 Å². The number of carbonyl (C=O) groups is 4. The fourth-order valence-corrected chi connectivity index (χ4v) is 4.34. The van der Waals surface area contributed by atoms with Crippen LogP contribution < -0.4 is 10.2 Å². The Morgan fingerprint density at radius 3 is 2.45 bits per heavy atom. The Bertz CT molecular complexity index is 1070. The van der Waals surface area contributed by atoms with Crippen molar-refractivity contribution in [3.8, 4) is 0 Å². The van der Waals surface area contributed by atoms with Gasteiger partial charge in [0.05, 0.1) is 23.4 Å². The second kappa shape index (κ2) is 7.86. The summed E-state index contributed by atoms with van der Waals surface area (Å²) in [4.78, 5) is 54.4. The van der Waals surface area contributed by atoms with E-state index in [1.807, 2.05) is 0 Å². The predicted octanol–water partition coefficient (Wildman–Crippen LogP) is 2.80. The van der Waals surface area contributed by atoms with E-state index < -0.39 is 17.5 Å². The van der Waals surface area contributed by atoms with E-state index in [1.165, 1.54) is 9.80 Å². The number of rotatable bonds is 5. The molecule has 1 fully saturated rings. The summed E-state index contributed by atoms with van der Waals surface area (Å²) in [5, 5.41) is 2.83. The fourth-order valence-electron chi connectivity index (χ4n) is 4.34. The quantitative estimate of drug-likeness (QED) is 0.749.